The van der Waals surface area contributed by atoms with Gasteiger partial charge < -0.3 is 0 Å². The molecular formula is C10H8Cl2N2O2. The van der Waals surface area contributed by atoms with Gasteiger partial charge in [-0.15, -0.1) is 0 Å². The van der Waals surface area contributed by atoms with E-state index in [1.807, 2.05) is 0 Å². The van der Waals surface area contributed by atoms with E-state index in [2.05, 4.69) is 4.98 Å². The lowest BCUT2D eigenvalue weighted by Gasteiger charge is -2.13. The van der Waals surface area contributed by atoms with Gasteiger partial charge in [0, 0.05) is 12.8 Å². The van der Waals surface area contributed by atoms with Crippen LogP contribution in [0.3, 0.4) is 0 Å². The molecule has 1 aliphatic rings. The van der Waals surface area contributed by atoms with E-state index in [9.17, 15) is 9.59 Å². The first kappa shape index (κ1) is 11.4. The molecule has 2 rings (SSSR count). The van der Waals surface area contributed by atoms with Crippen LogP contribution in [0.1, 0.15) is 18.5 Å². The van der Waals surface area contributed by atoms with Gasteiger partial charge >= 0.3 is 0 Å². The van der Waals surface area contributed by atoms with E-state index in [-0.39, 0.29) is 31.2 Å². The monoisotopic (exact) mass is 258 g/mol. The van der Waals surface area contributed by atoms with Gasteiger partial charge in [-0.25, -0.2) is 4.98 Å². The molecule has 2 amide bonds. The number of imide groups is 1. The smallest absolute Gasteiger partial charge is 0.230 e. The molecule has 16 heavy (non-hydrogen) atoms. The van der Waals surface area contributed by atoms with Gasteiger partial charge in [-0.1, -0.05) is 23.2 Å². The van der Waals surface area contributed by atoms with Crippen LogP contribution in [-0.2, 0) is 16.1 Å². The number of carbonyl (C=O) groups excluding carboxylic acids is 2. The third kappa shape index (κ3) is 2.18. The minimum absolute atomic E-state index is 0.0943. The predicted molar refractivity (Wildman–Crippen MR) is 59.0 cm³/mol. The Bertz CT molecular complexity index is 446. The summed E-state index contributed by atoms with van der Waals surface area (Å²) in [6.45, 7) is 0.0943. The summed E-state index contributed by atoms with van der Waals surface area (Å²) in [6.07, 6.45) is 0.522. The zero-order valence-electron chi connectivity index (χ0n) is 8.24. The van der Waals surface area contributed by atoms with Crippen LogP contribution in [0.4, 0.5) is 0 Å². The summed E-state index contributed by atoms with van der Waals surface area (Å²) in [5.74, 6) is -0.384. The predicted octanol–water partition coefficient (Wildman–Crippen LogP) is 2.04. The number of hydrogen-bond acceptors (Lipinski definition) is 3. The summed E-state index contributed by atoms with van der Waals surface area (Å²) in [5, 5.41) is 0.690. The van der Waals surface area contributed by atoms with Gasteiger partial charge in [0.25, 0.3) is 0 Å². The average Bonchev–Trinajstić information content (AvgIpc) is 2.55. The zero-order chi connectivity index (χ0) is 11.7. The highest BCUT2D eigenvalue weighted by Gasteiger charge is 2.29. The molecule has 1 aromatic rings. The molecule has 0 N–H and O–H groups in total. The summed E-state index contributed by atoms with van der Waals surface area (Å²) in [4.78, 5) is 27.9. The lowest BCUT2D eigenvalue weighted by Crippen LogP contribution is -2.28. The molecule has 0 spiro atoms. The third-order valence-corrected chi connectivity index (χ3v) is 2.90. The molecule has 6 heteroatoms. The first-order valence-electron chi connectivity index (χ1n) is 4.72. The van der Waals surface area contributed by atoms with Crippen molar-refractivity contribution in [2.45, 2.75) is 19.4 Å². The van der Waals surface area contributed by atoms with Crippen LogP contribution in [-0.4, -0.2) is 21.7 Å². The molecule has 1 aromatic heterocycles. The van der Waals surface area contributed by atoms with Gasteiger partial charge in [0.2, 0.25) is 11.8 Å². The fourth-order valence-corrected chi connectivity index (χ4v) is 1.85. The number of halogens is 2. The first-order valence-corrected chi connectivity index (χ1v) is 5.47. The maximum atomic E-state index is 11.4. The van der Waals surface area contributed by atoms with Crippen molar-refractivity contribution in [1.29, 1.82) is 0 Å². The quantitative estimate of drug-likeness (QED) is 0.603. The van der Waals surface area contributed by atoms with Crippen LogP contribution < -0.4 is 0 Å². The molecule has 0 saturated carbocycles. The minimum Gasteiger partial charge on any atom is -0.276 e. The maximum Gasteiger partial charge on any atom is 0.230 e. The number of aromatic nitrogens is 1. The van der Waals surface area contributed by atoms with Crippen LogP contribution in [0, 0.1) is 0 Å². The zero-order valence-corrected chi connectivity index (χ0v) is 9.75. The maximum absolute atomic E-state index is 11.4. The van der Waals surface area contributed by atoms with Crippen molar-refractivity contribution in [3.63, 3.8) is 0 Å². The van der Waals surface area contributed by atoms with Gasteiger partial charge in [0.05, 0.1) is 17.3 Å². The topological polar surface area (TPSA) is 50.3 Å². The molecule has 1 saturated heterocycles. The number of hydrogen-bond donors (Lipinski definition) is 0. The Morgan fingerprint density at radius 3 is 2.44 bits per heavy atom. The highest BCUT2D eigenvalue weighted by molar-refractivity contribution is 6.32. The molecule has 1 aliphatic heterocycles. The van der Waals surface area contributed by atoms with E-state index in [1.165, 1.54) is 0 Å². The third-order valence-electron chi connectivity index (χ3n) is 2.35. The molecule has 0 unspecified atom stereocenters. The van der Waals surface area contributed by atoms with Gasteiger partial charge in [-0.05, 0) is 12.1 Å². The van der Waals surface area contributed by atoms with Gasteiger partial charge in [-0.3, -0.25) is 14.5 Å². The number of rotatable bonds is 2. The molecule has 0 atom stereocenters. The number of nitrogens with zero attached hydrogens (tertiary/aromatic N) is 2. The van der Waals surface area contributed by atoms with Crippen LogP contribution >= 0.6 is 23.2 Å². The molecule has 4 nitrogen and oxygen atoms in total. The van der Waals surface area contributed by atoms with Crippen molar-refractivity contribution in [2.24, 2.45) is 0 Å². The molecule has 0 aromatic carbocycles. The summed E-state index contributed by atoms with van der Waals surface area (Å²) >= 11 is 11.6. The molecule has 0 bridgehead atoms. The molecular weight excluding hydrogens is 251 g/mol. The number of carbonyl (C=O) groups is 2. The van der Waals surface area contributed by atoms with Crippen LogP contribution in [0.5, 0.6) is 0 Å². The van der Waals surface area contributed by atoms with Crippen molar-refractivity contribution >= 4 is 35.0 Å². The molecule has 0 radical (unpaired) electrons. The van der Waals surface area contributed by atoms with Gasteiger partial charge in [-0.2, -0.15) is 0 Å². The Kier molecular flexibility index (Phi) is 3.12. The van der Waals surface area contributed by atoms with Crippen LogP contribution in [0.15, 0.2) is 12.1 Å². The second-order valence-corrected chi connectivity index (χ2v) is 4.23. The largest absolute Gasteiger partial charge is 0.276 e. The molecule has 0 aliphatic carbocycles. The Morgan fingerprint density at radius 2 is 1.81 bits per heavy atom. The number of likely N-dealkylation sites (tertiary alicyclic amines) is 1. The number of amides is 2. The standard InChI is InChI=1S/C10H8Cl2N2O2/c11-6-1-2-8(12)13-7(6)5-14-9(15)3-4-10(14)16/h1-2H,3-5H2. The second kappa shape index (κ2) is 4.39. The highest BCUT2D eigenvalue weighted by atomic mass is 35.5. The van der Waals surface area contributed by atoms with Crippen molar-refractivity contribution in [3.05, 3.63) is 28.0 Å². The fraction of sp³-hybridized carbons (Fsp3) is 0.300. The van der Waals surface area contributed by atoms with Crippen molar-refractivity contribution in [2.75, 3.05) is 0 Å². The van der Waals surface area contributed by atoms with E-state index in [0.29, 0.717) is 15.9 Å². The first-order chi connectivity index (χ1) is 7.58. The van der Waals surface area contributed by atoms with Gasteiger partial charge in [0.15, 0.2) is 0 Å². The SMILES string of the molecule is O=C1CCC(=O)N1Cc1nc(Cl)ccc1Cl. The van der Waals surface area contributed by atoms with E-state index in [4.69, 9.17) is 23.2 Å². The highest BCUT2D eigenvalue weighted by Crippen LogP contribution is 2.21. The molecule has 84 valence electrons. The lowest BCUT2D eigenvalue weighted by atomic mass is 10.3. The average molecular weight is 259 g/mol. The summed E-state index contributed by atoms with van der Waals surface area (Å²) in [7, 11) is 0. The lowest BCUT2D eigenvalue weighted by molar-refractivity contribution is -0.139. The Labute approximate surface area is 102 Å². The van der Waals surface area contributed by atoms with E-state index < -0.39 is 0 Å². The van der Waals surface area contributed by atoms with Gasteiger partial charge in [0.1, 0.15) is 5.15 Å². The van der Waals surface area contributed by atoms with Crippen LogP contribution in [0.25, 0.3) is 0 Å². The van der Waals surface area contributed by atoms with E-state index in [1.54, 1.807) is 12.1 Å². The minimum atomic E-state index is -0.192. The molecule has 1 fully saturated rings. The normalized spacial score (nSPS) is 16.0. The fourth-order valence-electron chi connectivity index (χ4n) is 1.52. The second-order valence-electron chi connectivity index (χ2n) is 3.44. The van der Waals surface area contributed by atoms with E-state index in [0.717, 1.165) is 4.90 Å². The summed E-state index contributed by atoms with van der Waals surface area (Å²) in [6, 6.07) is 3.15. The Morgan fingerprint density at radius 1 is 1.19 bits per heavy atom. The Balaban J connectivity index is 2.23. The van der Waals surface area contributed by atoms with Crippen molar-refractivity contribution in [1.82, 2.24) is 9.88 Å². The molecule has 2 heterocycles. The summed E-state index contributed by atoms with van der Waals surface area (Å²) in [5.41, 5.74) is 0.442. The van der Waals surface area contributed by atoms with Crippen molar-refractivity contribution < 1.29 is 9.59 Å². The van der Waals surface area contributed by atoms with Crippen LogP contribution in [0.2, 0.25) is 10.2 Å². The Hall–Kier alpha value is -1.13. The van der Waals surface area contributed by atoms with E-state index >= 15 is 0 Å². The van der Waals surface area contributed by atoms with Crippen molar-refractivity contribution in [3.8, 4) is 0 Å². The summed E-state index contributed by atoms with van der Waals surface area (Å²) < 4.78 is 0. The number of pyridine rings is 1.